The largest absolute Gasteiger partial charge is 0.405 e. The highest BCUT2D eigenvalue weighted by Crippen LogP contribution is 2.33. The molecule has 0 radical (unpaired) electrons. The first kappa shape index (κ1) is 13.9. The Kier molecular flexibility index (Phi) is 3.53. The summed E-state index contributed by atoms with van der Waals surface area (Å²) in [6.45, 7) is 2.32. The monoisotopic (exact) mass is 290 g/mol. The van der Waals surface area contributed by atoms with Gasteiger partial charge in [0.25, 0.3) is 5.56 Å². The first-order valence-corrected chi connectivity index (χ1v) is 7.40. The number of fused-ring (bicyclic) bond motifs is 1. The Morgan fingerprint density at radius 1 is 1.33 bits per heavy atom. The minimum absolute atomic E-state index is 0.101. The van der Waals surface area contributed by atoms with Crippen LogP contribution in [0.15, 0.2) is 24.9 Å². The molecule has 0 saturated heterocycles. The Labute approximate surface area is 120 Å². The lowest BCUT2D eigenvalue weighted by atomic mass is 10.1. The summed E-state index contributed by atoms with van der Waals surface area (Å²) >= 11 is 0. The van der Waals surface area contributed by atoms with Crippen molar-refractivity contribution in [3.8, 4) is 0 Å². The van der Waals surface area contributed by atoms with Gasteiger partial charge in [0.2, 0.25) is 5.71 Å². The number of nitrogens with zero attached hydrogens (tertiary/aromatic N) is 1. The fraction of sp³-hybridized carbons (Fsp3) is 0.533. The lowest BCUT2D eigenvalue weighted by molar-refractivity contribution is 0.501. The lowest BCUT2D eigenvalue weighted by Gasteiger charge is -2.09. The van der Waals surface area contributed by atoms with Crippen molar-refractivity contribution < 1.29 is 4.42 Å². The molecule has 0 amide bonds. The second-order valence-corrected chi connectivity index (χ2v) is 5.66. The van der Waals surface area contributed by atoms with Crippen molar-refractivity contribution in [1.82, 2.24) is 9.55 Å². The lowest BCUT2D eigenvalue weighted by Crippen LogP contribution is -2.31. The molecule has 0 spiro atoms. The molecule has 0 aromatic carbocycles. The van der Waals surface area contributed by atoms with E-state index in [9.17, 15) is 14.4 Å². The highest BCUT2D eigenvalue weighted by Gasteiger charge is 2.22. The van der Waals surface area contributed by atoms with Gasteiger partial charge in [-0.25, -0.2) is 9.59 Å². The SMILES string of the molecule is CCCn1c(=O)[nH]c(=O)c2c(CCC3CC3)cc(=O)oc21. The van der Waals surface area contributed by atoms with Crippen LogP contribution in [0.3, 0.4) is 0 Å². The Morgan fingerprint density at radius 3 is 2.76 bits per heavy atom. The number of rotatable bonds is 5. The van der Waals surface area contributed by atoms with Gasteiger partial charge in [0.15, 0.2) is 0 Å². The first-order valence-electron chi connectivity index (χ1n) is 7.40. The number of hydrogen-bond acceptors (Lipinski definition) is 4. The number of H-pyrrole nitrogens is 1. The van der Waals surface area contributed by atoms with Gasteiger partial charge in [-0.2, -0.15) is 0 Å². The van der Waals surface area contributed by atoms with Gasteiger partial charge in [-0.15, -0.1) is 0 Å². The molecule has 1 saturated carbocycles. The number of hydrogen-bond donors (Lipinski definition) is 1. The molecule has 0 unspecified atom stereocenters. The van der Waals surface area contributed by atoms with Crippen LogP contribution < -0.4 is 16.9 Å². The molecule has 1 fully saturated rings. The standard InChI is InChI=1S/C15H18N2O4/c1-2-7-17-14-12(13(19)16-15(17)20)10(8-11(18)21-14)6-5-9-3-4-9/h8-9H,2-7H2,1H3,(H,16,19,20). The Morgan fingerprint density at radius 2 is 2.10 bits per heavy atom. The zero-order chi connectivity index (χ0) is 15.0. The third-order valence-corrected chi connectivity index (χ3v) is 3.93. The van der Waals surface area contributed by atoms with Gasteiger partial charge >= 0.3 is 11.3 Å². The zero-order valence-electron chi connectivity index (χ0n) is 12.0. The summed E-state index contributed by atoms with van der Waals surface area (Å²) in [5, 5.41) is 0.336. The fourth-order valence-electron chi connectivity index (χ4n) is 2.67. The molecule has 21 heavy (non-hydrogen) atoms. The van der Waals surface area contributed by atoms with Gasteiger partial charge in [0.05, 0.1) is 0 Å². The second kappa shape index (κ2) is 5.35. The quantitative estimate of drug-likeness (QED) is 0.902. The summed E-state index contributed by atoms with van der Waals surface area (Å²) in [6.07, 6.45) is 4.77. The summed E-state index contributed by atoms with van der Waals surface area (Å²) in [5.41, 5.74) is -0.736. The maximum absolute atomic E-state index is 12.1. The van der Waals surface area contributed by atoms with Crippen LogP contribution in [0.2, 0.25) is 0 Å². The van der Waals surface area contributed by atoms with Crippen molar-refractivity contribution in [1.29, 1.82) is 0 Å². The van der Waals surface area contributed by atoms with Crippen LogP contribution >= 0.6 is 0 Å². The maximum atomic E-state index is 12.1. The van der Waals surface area contributed by atoms with E-state index in [1.807, 2.05) is 6.92 Å². The number of nitrogens with one attached hydrogen (secondary N) is 1. The predicted molar refractivity (Wildman–Crippen MR) is 78.7 cm³/mol. The Balaban J connectivity index is 2.22. The van der Waals surface area contributed by atoms with Gasteiger partial charge in [-0.05, 0) is 30.7 Å². The van der Waals surface area contributed by atoms with Crippen LogP contribution in [0.4, 0.5) is 0 Å². The highest BCUT2D eigenvalue weighted by molar-refractivity contribution is 5.75. The predicted octanol–water partition coefficient (Wildman–Crippen LogP) is 1.40. The molecular weight excluding hydrogens is 272 g/mol. The van der Waals surface area contributed by atoms with Crippen molar-refractivity contribution in [2.75, 3.05) is 0 Å². The van der Waals surface area contributed by atoms with Gasteiger partial charge in [0, 0.05) is 12.6 Å². The van der Waals surface area contributed by atoms with E-state index in [2.05, 4.69) is 4.98 Å². The van der Waals surface area contributed by atoms with E-state index in [1.165, 1.54) is 23.5 Å². The minimum atomic E-state index is -0.531. The molecule has 2 aromatic rings. The summed E-state index contributed by atoms with van der Waals surface area (Å²) in [6, 6.07) is 1.38. The molecule has 0 bridgehead atoms. The average molecular weight is 290 g/mol. The molecular formula is C15H18N2O4. The molecule has 3 rings (SSSR count). The topological polar surface area (TPSA) is 85.1 Å². The normalized spacial score (nSPS) is 14.7. The van der Waals surface area contributed by atoms with Gasteiger partial charge in [-0.1, -0.05) is 19.8 Å². The van der Waals surface area contributed by atoms with Crippen molar-refractivity contribution in [2.24, 2.45) is 5.92 Å². The summed E-state index contributed by atoms with van der Waals surface area (Å²) in [7, 11) is 0. The minimum Gasteiger partial charge on any atom is -0.405 e. The van der Waals surface area contributed by atoms with Crippen LogP contribution in [0.5, 0.6) is 0 Å². The maximum Gasteiger partial charge on any atom is 0.337 e. The molecule has 112 valence electrons. The van der Waals surface area contributed by atoms with E-state index in [4.69, 9.17) is 4.42 Å². The molecule has 1 N–H and O–H groups in total. The molecule has 0 atom stereocenters. The molecule has 1 aliphatic rings. The molecule has 6 nitrogen and oxygen atoms in total. The van der Waals surface area contributed by atoms with E-state index in [-0.39, 0.29) is 5.71 Å². The molecule has 1 aliphatic carbocycles. The summed E-state index contributed by atoms with van der Waals surface area (Å²) in [5.74, 6) is 0.702. The van der Waals surface area contributed by atoms with Gasteiger partial charge < -0.3 is 4.42 Å². The number of aryl methyl sites for hydroxylation is 2. The van der Waals surface area contributed by atoms with Crippen molar-refractivity contribution in [2.45, 2.75) is 45.6 Å². The van der Waals surface area contributed by atoms with Gasteiger partial charge in [-0.3, -0.25) is 14.3 Å². The van der Waals surface area contributed by atoms with Crippen molar-refractivity contribution in [3.05, 3.63) is 42.9 Å². The van der Waals surface area contributed by atoms with Crippen LogP contribution in [0.1, 0.15) is 38.2 Å². The van der Waals surface area contributed by atoms with Crippen molar-refractivity contribution >= 4 is 11.1 Å². The molecule has 2 heterocycles. The summed E-state index contributed by atoms with van der Waals surface area (Å²) < 4.78 is 6.49. The molecule has 0 aliphatic heterocycles. The van der Waals surface area contributed by atoms with E-state index in [1.54, 1.807) is 0 Å². The molecule has 6 heteroatoms. The van der Waals surface area contributed by atoms with E-state index in [0.29, 0.717) is 36.3 Å². The van der Waals surface area contributed by atoms with Crippen LogP contribution in [0.25, 0.3) is 11.1 Å². The number of aromatic amines is 1. The number of aromatic nitrogens is 2. The van der Waals surface area contributed by atoms with E-state index >= 15 is 0 Å². The summed E-state index contributed by atoms with van der Waals surface area (Å²) in [4.78, 5) is 38.1. The Hall–Kier alpha value is -2.11. The third-order valence-electron chi connectivity index (χ3n) is 3.93. The fourth-order valence-corrected chi connectivity index (χ4v) is 2.67. The smallest absolute Gasteiger partial charge is 0.337 e. The Bertz CT molecular complexity index is 839. The zero-order valence-corrected chi connectivity index (χ0v) is 12.0. The van der Waals surface area contributed by atoms with Crippen molar-refractivity contribution in [3.63, 3.8) is 0 Å². The van der Waals surface area contributed by atoms with Gasteiger partial charge in [0.1, 0.15) is 5.39 Å². The van der Waals surface area contributed by atoms with Crippen LogP contribution in [-0.2, 0) is 13.0 Å². The van der Waals surface area contributed by atoms with Crippen LogP contribution in [-0.4, -0.2) is 9.55 Å². The van der Waals surface area contributed by atoms with E-state index < -0.39 is 16.9 Å². The average Bonchev–Trinajstić information content (AvgIpc) is 3.24. The highest BCUT2D eigenvalue weighted by atomic mass is 16.4. The first-order chi connectivity index (χ1) is 10.1. The van der Waals surface area contributed by atoms with Crippen LogP contribution in [0, 0.1) is 5.92 Å². The second-order valence-electron chi connectivity index (χ2n) is 5.66. The third kappa shape index (κ3) is 2.70. The molecule has 2 aromatic heterocycles. The van der Waals surface area contributed by atoms with E-state index in [0.717, 1.165) is 6.42 Å².